The lowest BCUT2D eigenvalue weighted by molar-refractivity contribution is 0.414. The lowest BCUT2D eigenvalue weighted by atomic mass is 10.3. The molecular formula is C18H16N6O2S. The molecule has 0 aliphatic carbocycles. The maximum atomic E-state index is 12.3. The van der Waals surface area contributed by atoms with Gasteiger partial charge in [-0.2, -0.15) is 4.68 Å². The fourth-order valence-electron chi connectivity index (χ4n) is 2.68. The van der Waals surface area contributed by atoms with Gasteiger partial charge in [0.2, 0.25) is 5.16 Å². The molecule has 3 heterocycles. The maximum Gasteiger partial charge on any atom is 0.258 e. The number of hydrogen-bond donors (Lipinski definition) is 0. The van der Waals surface area contributed by atoms with Crippen LogP contribution in [-0.2, 0) is 5.75 Å². The molecule has 0 amide bonds. The number of hydrogen-bond acceptors (Lipinski definition) is 7. The number of thioether (sulfide) groups is 1. The molecule has 0 bridgehead atoms. The Balaban J connectivity index is 1.60. The van der Waals surface area contributed by atoms with Crippen LogP contribution in [-0.4, -0.2) is 36.7 Å². The first-order valence-corrected chi connectivity index (χ1v) is 9.18. The molecule has 136 valence electrons. The van der Waals surface area contributed by atoms with Crippen molar-refractivity contribution in [2.45, 2.75) is 17.8 Å². The fraction of sp³-hybridized carbons (Fsp3) is 0.167. The van der Waals surface area contributed by atoms with Gasteiger partial charge in [0.15, 0.2) is 0 Å². The fourth-order valence-corrected chi connectivity index (χ4v) is 3.46. The average molecular weight is 380 g/mol. The number of aromatic nitrogens is 6. The molecule has 0 unspecified atom stereocenters. The Morgan fingerprint density at radius 3 is 2.78 bits per heavy atom. The Morgan fingerprint density at radius 2 is 2.00 bits per heavy atom. The van der Waals surface area contributed by atoms with Crippen molar-refractivity contribution in [2.24, 2.45) is 0 Å². The molecule has 27 heavy (non-hydrogen) atoms. The normalized spacial score (nSPS) is 11.0. The summed E-state index contributed by atoms with van der Waals surface area (Å²) in [7, 11) is 1.62. The van der Waals surface area contributed by atoms with Gasteiger partial charge in [0.25, 0.3) is 5.56 Å². The minimum Gasteiger partial charge on any atom is -0.497 e. The summed E-state index contributed by atoms with van der Waals surface area (Å²) in [4.78, 5) is 16.9. The van der Waals surface area contributed by atoms with Gasteiger partial charge in [-0.25, -0.2) is 4.98 Å². The summed E-state index contributed by atoms with van der Waals surface area (Å²) < 4.78 is 8.36. The molecule has 0 radical (unpaired) electrons. The largest absolute Gasteiger partial charge is 0.497 e. The van der Waals surface area contributed by atoms with Crippen LogP contribution in [0.2, 0.25) is 0 Å². The van der Waals surface area contributed by atoms with Crippen LogP contribution in [0.1, 0.15) is 11.3 Å². The van der Waals surface area contributed by atoms with E-state index in [-0.39, 0.29) is 5.56 Å². The van der Waals surface area contributed by atoms with E-state index < -0.39 is 0 Å². The Kier molecular flexibility index (Phi) is 4.59. The first-order valence-electron chi connectivity index (χ1n) is 8.19. The molecule has 0 N–H and O–H groups in total. The zero-order valence-corrected chi connectivity index (χ0v) is 15.6. The summed E-state index contributed by atoms with van der Waals surface area (Å²) in [6.07, 6.45) is 1.72. The van der Waals surface area contributed by atoms with Gasteiger partial charge in [-0.1, -0.05) is 17.8 Å². The second-order valence-electron chi connectivity index (χ2n) is 5.83. The molecule has 0 saturated heterocycles. The summed E-state index contributed by atoms with van der Waals surface area (Å²) in [5, 5.41) is 12.5. The average Bonchev–Trinajstić information content (AvgIpc) is 3.16. The number of aryl methyl sites for hydroxylation is 1. The number of rotatable bonds is 5. The van der Waals surface area contributed by atoms with E-state index in [0.717, 1.165) is 17.0 Å². The second-order valence-corrected chi connectivity index (χ2v) is 6.77. The number of tetrazole rings is 1. The van der Waals surface area contributed by atoms with Gasteiger partial charge in [-0.3, -0.25) is 9.20 Å². The molecule has 1 aromatic carbocycles. The monoisotopic (exact) mass is 380 g/mol. The van der Waals surface area contributed by atoms with Gasteiger partial charge in [-0.15, -0.1) is 5.10 Å². The Bertz CT molecular complexity index is 1150. The molecule has 0 aliphatic rings. The van der Waals surface area contributed by atoms with Crippen LogP contribution >= 0.6 is 11.8 Å². The number of fused-ring (bicyclic) bond motifs is 1. The lowest BCUT2D eigenvalue weighted by Gasteiger charge is -2.07. The van der Waals surface area contributed by atoms with E-state index >= 15 is 0 Å². The second kappa shape index (κ2) is 7.20. The van der Waals surface area contributed by atoms with Crippen molar-refractivity contribution in [3.05, 3.63) is 70.3 Å². The molecule has 0 atom stereocenters. The number of methoxy groups -OCH3 is 1. The third kappa shape index (κ3) is 3.41. The van der Waals surface area contributed by atoms with Crippen molar-refractivity contribution in [3.8, 4) is 11.4 Å². The summed E-state index contributed by atoms with van der Waals surface area (Å²) in [5.74, 6) is 1.24. The van der Waals surface area contributed by atoms with E-state index in [9.17, 15) is 4.79 Å². The van der Waals surface area contributed by atoms with Gasteiger partial charge in [0, 0.05) is 18.0 Å². The first kappa shape index (κ1) is 17.2. The van der Waals surface area contributed by atoms with E-state index in [4.69, 9.17) is 4.74 Å². The van der Waals surface area contributed by atoms with Crippen LogP contribution < -0.4 is 10.3 Å². The SMILES string of the molecule is COc1ccc(-n2nnnc2SCc2cc(=O)n3cccc(C)c3n2)cc1. The first-order chi connectivity index (χ1) is 13.2. The van der Waals surface area contributed by atoms with E-state index in [2.05, 4.69) is 20.5 Å². The summed E-state index contributed by atoms with van der Waals surface area (Å²) in [6, 6.07) is 12.8. The number of pyridine rings is 1. The van der Waals surface area contributed by atoms with Crippen LogP contribution in [0.25, 0.3) is 11.3 Å². The van der Waals surface area contributed by atoms with Gasteiger partial charge in [0.1, 0.15) is 11.4 Å². The predicted molar refractivity (Wildman–Crippen MR) is 101 cm³/mol. The molecular weight excluding hydrogens is 364 g/mol. The van der Waals surface area contributed by atoms with Gasteiger partial charge in [0.05, 0.1) is 18.5 Å². The molecule has 8 nitrogen and oxygen atoms in total. The molecule has 0 aliphatic heterocycles. The lowest BCUT2D eigenvalue weighted by Crippen LogP contribution is -2.15. The minimum atomic E-state index is -0.103. The standard InChI is InChI=1S/C18H16N6O2S/c1-12-4-3-9-23-16(25)10-13(19-17(12)23)11-27-18-20-21-22-24(18)14-5-7-15(26-2)8-6-14/h3-10H,11H2,1-2H3. The molecule has 9 heteroatoms. The van der Waals surface area contributed by atoms with Crippen molar-refractivity contribution >= 4 is 17.4 Å². The smallest absolute Gasteiger partial charge is 0.258 e. The number of benzene rings is 1. The summed E-state index contributed by atoms with van der Waals surface area (Å²) in [5.41, 5.74) is 3.02. The quantitative estimate of drug-likeness (QED) is 0.491. The van der Waals surface area contributed by atoms with Crippen molar-refractivity contribution in [1.82, 2.24) is 29.6 Å². The zero-order chi connectivity index (χ0) is 18.8. The molecule has 3 aromatic heterocycles. The van der Waals surface area contributed by atoms with Gasteiger partial charge >= 0.3 is 0 Å². The molecule has 0 spiro atoms. The number of ether oxygens (including phenoxy) is 1. The Hall–Kier alpha value is -3.20. The van der Waals surface area contributed by atoms with Crippen molar-refractivity contribution in [3.63, 3.8) is 0 Å². The molecule has 0 fully saturated rings. The van der Waals surface area contributed by atoms with Crippen LogP contribution in [0.3, 0.4) is 0 Å². The van der Waals surface area contributed by atoms with Crippen molar-refractivity contribution in [2.75, 3.05) is 7.11 Å². The highest BCUT2D eigenvalue weighted by Crippen LogP contribution is 2.23. The van der Waals surface area contributed by atoms with Crippen molar-refractivity contribution < 1.29 is 4.74 Å². The van der Waals surface area contributed by atoms with E-state index in [0.29, 0.717) is 22.3 Å². The third-order valence-electron chi connectivity index (χ3n) is 4.05. The minimum absolute atomic E-state index is 0.103. The molecule has 0 saturated carbocycles. The van der Waals surface area contributed by atoms with Crippen LogP contribution in [0, 0.1) is 6.92 Å². The summed E-state index contributed by atoms with van der Waals surface area (Å²) >= 11 is 1.42. The molecule has 4 aromatic rings. The maximum absolute atomic E-state index is 12.3. The zero-order valence-electron chi connectivity index (χ0n) is 14.7. The Morgan fingerprint density at radius 1 is 1.19 bits per heavy atom. The van der Waals surface area contributed by atoms with E-state index in [1.807, 2.05) is 43.3 Å². The Labute approximate surface area is 158 Å². The van der Waals surface area contributed by atoms with E-state index in [1.165, 1.54) is 11.8 Å². The van der Waals surface area contributed by atoms with Crippen molar-refractivity contribution in [1.29, 1.82) is 0 Å². The van der Waals surface area contributed by atoms with Crippen LogP contribution in [0.4, 0.5) is 0 Å². The third-order valence-corrected chi connectivity index (χ3v) is 5.00. The highest BCUT2D eigenvalue weighted by molar-refractivity contribution is 7.98. The topological polar surface area (TPSA) is 87.2 Å². The van der Waals surface area contributed by atoms with E-state index in [1.54, 1.807) is 28.5 Å². The highest BCUT2D eigenvalue weighted by atomic mass is 32.2. The van der Waals surface area contributed by atoms with Crippen LogP contribution in [0.5, 0.6) is 5.75 Å². The predicted octanol–water partition coefficient (Wildman–Crippen LogP) is 2.28. The van der Waals surface area contributed by atoms with Crippen LogP contribution in [0.15, 0.2) is 58.6 Å². The highest BCUT2D eigenvalue weighted by Gasteiger charge is 2.11. The number of nitrogens with zero attached hydrogens (tertiary/aromatic N) is 6. The summed E-state index contributed by atoms with van der Waals surface area (Å²) in [6.45, 7) is 1.93. The molecule has 4 rings (SSSR count). The van der Waals surface area contributed by atoms with Gasteiger partial charge in [-0.05, 0) is 53.2 Å². The van der Waals surface area contributed by atoms with Gasteiger partial charge < -0.3 is 4.74 Å².